The molecule has 0 bridgehead atoms. The van der Waals surface area contributed by atoms with Crippen molar-refractivity contribution in [2.75, 3.05) is 18.5 Å². The fourth-order valence-electron chi connectivity index (χ4n) is 4.07. The van der Waals surface area contributed by atoms with E-state index in [0.29, 0.717) is 0 Å². The van der Waals surface area contributed by atoms with E-state index >= 15 is 0 Å². The number of carboxylic acid groups (broad SMARTS) is 1. The highest BCUT2D eigenvalue weighted by molar-refractivity contribution is 5.97. The van der Waals surface area contributed by atoms with Crippen LogP contribution in [0.3, 0.4) is 0 Å². The summed E-state index contributed by atoms with van der Waals surface area (Å²) in [5, 5.41) is 14.1. The predicted octanol–water partition coefficient (Wildman–Crippen LogP) is 5.03. The molecule has 7 nitrogen and oxygen atoms in total. The van der Waals surface area contributed by atoms with E-state index in [1.165, 1.54) is 0 Å². The standard InChI is InChI=1S/C27H25FN2O5/c1-27(2,25(33)30-23-13-16(24(31)32)11-12-22(23)28)15-29-26(34)35-14-21-19-9-5-3-7-17(19)18-8-4-6-10-20(18)21/h3-13,21H,14-15H2,1-2H3,(H,29,34)(H,30,33)(H,31,32). The van der Waals surface area contributed by atoms with E-state index in [-0.39, 0.29) is 30.3 Å². The van der Waals surface area contributed by atoms with Gasteiger partial charge in [0.1, 0.15) is 12.4 Å². The van der Waals surface area contributed by atoms with Crippen LogP contribution < -0.4 is 10.6 Å². The third-order valence-corrected chi connectivity index (χ3v) is 6.09. The molecule has 0 atom stereocenters. The first-order valence-electron chi connectivity index (χ1n) is 11.1. The van der Waals surface area contributed by atoms with Gasteiger partial charge in [-0.05, 0) is 54.3 Å². The van der Waals surface area contributed by atoms with Crippen molar-refractivity contribution < 1.29 is 28.6 Å². The molecule has 0 aromatic heterocycles. The van der Waals surface area contributed by atoms with Gasteiger partial charge in [-0.3, -0.25) is 4.79 Å². The highest BCUT2D eigenvalue weighted by Gasteiger charge is 2.31. The van der Waals surface area contributed by atoms with Crippen molar-refractivity contribution in [1.29, 1.82) is 0 Å². The number of fused-ring (bicyclic) bond motifs is 3. The number of aromatic carboxylic acids is 1. The fourth-order valence-corrected chi connectivity index (χ4v) is 4.07. The molecule has 1 aliphatic carbocycles. The molecule has 180 valence electrons. The topological polar surface area (TPSA) is 105 Å². The Kier molecular flexibility index (Phi) is 6.55. The first-order valence-corrected chi connectivity index (χ1v) is 11.1. The average molecular weight is 477 g/mol. The number of amides is 2. The second kappa shape index (κ2) is 9.58. The molecule has 3 aromatic rings. The zero-order valence-electron chi connectivity index (χ0n) is 19.3. The summed E-state index contributed by atoms with van der Waals surface area (Å²) in [6.45, 7) is 3.21. The number of ether oxygens (including phenoxy) is 1. The zero-order chi connectivity index (χ0) is 25.2. The smallest absolute Gasteiger partial charge is 0.407 e. The number of halogens is 1. The second-order valence-electron chi connectivity index (χ2n) is 9.02. The molecule has 35 heavy (non-hydrogen) atoms. The van der Waals surface area contributed by atoms with Crippen molar-refractivity contribution in [3.05, 3.63) is 89.2 Å². The Balaban J connectivity index is 1.35. The Bertz CT molecular complexity index is 1260. The number of hydrogen-bond acceptors (Lipinski definition) is 4. The van der Waals surface area contributed by atoms with Crippen LogP contribution in [-0.4, -0.2) is 36.2 Å². The van der Waals surface area contributed by atoms with Crippen LogP contribution in [0, 0.1) is 11.2 Å². The maximum Gasteiger partial charge on any atom is 0.407 e. The SMILES string of the molecule is CC(C)(CNC(=O)OCC1c2ccccc2-c2ccccc21)C(=O)Nc1cc(C(=O)O)ccc1F. The number of benzene rings is 3. The van der Waals surface area contributed by atoms with Gasteiger partial charge in [0.15, 0.2) is 0 Å². The van der Waals surface area contributed by atoms with E-state index in [4.69, 9.17) is 9.84 Å². The Morgan fingerprint density at radius 1 is 0.971 bits per heavy atom. The highest BCUT2D eigenvalue weighted by Crippen LogP contribution is 2.44. The molecule has 0 unspecified atom stereocenters. The second-order valence-corrected chi connectivity index (χ2v) is 9.02. The van der Waals surface area contributed by atoms with E-state index in [1.54, 1.807) is 13.8 Å². The minimum Gasteiger partial charge on any atom is -0.478 e. The van der Waals surface area contributed by atoms with Gasteiger partial charge in [0.05, 0.1) is 16.7 Å². The van der Waals surface area contributed by atoms with Gasteiger partial charge < -0.3 is 20.5 Å². The molecule has 3 N–H and O–H groups in total. The molecule has 0 fully saturated rings. The molecule has 0 saturated carbocycles. The van der Waals surface area contributed by atoms with Crippen LogP contribution in [0.1, 0.15) is 41.3 Å². The summed E-state index contributed by atoms with van der Waals surface area (Å²) < 4.78 is 19.5. The number of carbonyl (C=O) groups excluding carboxylic acids is 2. The number of alkyl carbamates (subject to hydrolysis) is 1. The third kappa shape index (κ3) is 5.01. The van der Waals surface area contributed by atoms with Crippen LogP contribution in [-0.2, 0) is 9.53 Å². The van der Waals surface area contributed by atoms with Crippen molar-refractivity contribution in [1.82, 2.24) is 5.32 Å². The summed E-state index contributed by atoms with van der Waals surface area (Å²) in [6, 6.07) is 19.1. The van der Waals surface area contributed by atoms with Gasteiger partial charge in [-0.25, -0.2) is 14.0 Å². The highest BCUT2D eigenvalue weighted by atomic mass is 19.1. The molecule has 0 spiro atoms. The lowest BCUT2D eigenvalue weighted by atomic mass is 9.92. The lowest BCUT2D eigenvalue weighted by Crippen LogP contribution is -2.42. The predicted molar refractivity (Wildman–Crippen MR) is 129 cm³/mol. The van der Waals surface area contributed by atoms with Gasteiger partial charge >= 0.3 is 12.1 Å². The van der Waals surface area contributed by atoms with E-state index in [9.17, 15) is 18.8 Å². The summed E-state index contributed by atoms with van der Waals surface area (Å²) in [5.41, 5.74) is 2.89. The van der Waals surface area contributed by atoms with Crippen LogP contribution in [0.25, 0.3) is 11.1 Å². The number of carboxylic acids is 1. The number of rotatable bonds is 7. The van der Waals surface area contributed by atoms with Crippen LogP contribution >= 0.6 is 0 Å². The molecular weight excluding hydrogens is 451 g/mol. The molecule has 1 aliphatic rings. The maximum atomic E-state index is 14.1. The summed E-state index contributed by atoms with van der Waals surface area (Å²) in [5.74, 6) is -2.67. The lowest BCUT2D eigenvalue weighted by Gasteiger charge is -2.24. The monoisotopic (exact) mass is 476 g/mol. The van der Waals surface area contributed by atoms with Crippen molar-refractivity contribution >= 4 is 23.7 Å². The summed E-state index contributed by atoms with van der Waals surface area (Å²) >= 11 is 0. The lowest BCUT2D eigenvalue weighted by molar-refractivity contribution is -0.123. The minimum absolute atomic E-state index is 0.0737. The number of carbonyl (C=O) groups is 3. The van der Waals surface area contributed by atoms with E-state index in [0.717, 1.165) is 40.5 Å². The summed E-state index contributed by atoms with van der Waals surface area (Å²) in [6.07, 6.45) is -0.674. The number of anilines is 1. The van der Waals surface area contributed by atoms with Gasteiger partial charge in [0, 0.05) is 12.5 Å². The molecular formula is C27H25FN2O5. The van der Waals surface area contributed by atoms with Crippen LogP contribution in [0.2, 0.25) is 0 Å². The van der Waals surface area contributed by atoms with E-state index < -0.39 is 29.2 Å². The molecule has 3 aromatic carbocycles. The van der Waals surface area contributed by atoms with Crippen molar-refractivity contribution in [2.24, 2.45) is 5.41 Å². The first kappa shape index (κ1) is 23.9. The molecule has 2 amide bonds. The Morgan fingerprint density at radius 2 is 1.57 bits per heavy atom. The van der Waals surface area contributed by atoms with Gasteiger partial charge in [-0.2, -0.15) is 0 Å². The Morgan fingerprint density at radius 3 is 2.17 bits per heavy atom. The average Bonchev–Trinajstić information content (AvgIpc) is 3.16. The Labute approximate surface area is 201 Å². The molecule has 8 heteroatoms. The van der Waals surface area contributed by atoms with Crippen LogP contribution in [0.15, 0.2) is 66.7 Å². The molecule has 0 heterocycles. The molecule has 4 rings (SSSR count). The van der Waals surface area contributed by atoms with Crippen molar-refractivity contribution in [3.63, 3.8) is 0 Å². The zero-order valence-corrected chi connectivity index (χ0v) is 19.3. The van der Waals surface area contributed by atoms with Crippen molar-refractivity contribution in [2.45, 2.75) is 19.8 Å². The van der Waals surface area contributed by atoms with Gasteiger partial charge in [0.2, 0.25) is 5.91 Å². The Hall–Kier alpha value is -4.20. The summed E-state index contributed by atoms with van der Waals surface area (Å²) in [4.78, 5) is 36.3. The van der Waals surface area contributed by atoms with Gasteiger partial charge in [-0.1, -0.05) is 48.5 Å². The summed E-state index contributed by atoms with van der Waals surface area (Å²) in [7, 11) is 0. The quantitative estimate of drug-likeness (QED) is 0.444. The van der Waals surface area contributed by atoms with Crippen molar-refractivity contribution in [3.8, 4) is 11.1 Å². The van der Waals surface area contributed by atoms with E-state index in [1.807, 2.05) is 48.5 Å². The molecule has 0 radical (unpaired) electrons. The fraction of sp³-hybridized carbons (Fsp3) is 0.222. The molecule has 0 aliphatic heterocycles. The van der Waals surface area contributed by atoms with Gasteiger partial charge in [-0.15, -0.1) is 0 Å². The number of nitrogens with one attached hydrogen (secondary N) is 2. The molecule has 0 saturated heterocycles. The minimum atomic E-state index is -1.24. The largest absolute Gasteiger partial charge is 0.478 e. The first-order chi connectivity index (χ1) is 16.7. The van der Waals surface area contributed by atoms with Gasteiger partial charge in [0.25, 0.3) is 0 Å². The normalized spacial score (nSPS) is 12.4. The van der Waals surface area contributed by atoms with Crippen LogP contribution in [0.4, 0.5) is 14.9 Å². The maximum absolute atomic E-state index is 14.1. The van der Waals surface area contributed by atoms with Crippen LogP contribution in [0.5, 0.6) is 0 Å². The number of hydrogen-bond donors (Lipinski definition) is 3. The third-order valence-electron chi connectivity index (χ3n) is 6.09. The van der Waals surface area contributed by atoms with E-state index in [2.05, 4.69) is 10.6 Å².